The van der Waals surface area contributed by atoms with Gasteiger partial charge in [0.25, 0.3) is 5.91 Å². The highest BCUT2D eigenvalue weighted by Gasteiger charge is 2.18. The summed E-state index contributed by atoms with van der Waals surface area (Å²) in [5.41, 5.74) is 0.878. The molecule has 5 nitrogen and oxygen atoms in total. The van der Waals surface area contributed by atoms with Gasteiger partial charge in [0.1, 0.15) is 4.88 Å². The van der Waals surface area contributed by atoms with Crippen molar-refractivity contribution >= 4 is 60.6 Å². The molecule has 0 saturated heterocycles. The molecule has 0 fully saturated rings. The molecular formula is C17H14Cl2N2O3S2. The zero-order chi connectivity index (χ0) is 18.9. The maximum absolute atomic E-state index is 12.4. The standard InChI is InChI=1S/C17H14Cl2N2O3S2/c18-12-2-1-3-13-14(12)15(19)16(25-13)17(22)21-9-8-10-4-6-11(7-5-10)26(20,23)24/h1-7H,8-9H2,(H,21,22)(H2,20,23,24). The first-order valence-electron chi connectivity index (χ1n) is 7.54. The summed E-state index contributed by atoms with van der Waals surface area (Å²) in [6, 6.07) is 11.6. The Morgan fingerprint density at radius 1 is 1.12 bits per heavy atom. The van der Waals surface area contributed by atoms with Gasteiger partial charge in [-0.05, 0) is 36.2 Å². The number of rotatable bonds is 5. The van der Waals surface area contributed by atoms with E-state index in [4.69, 9.17) is 28.3 Å². The Balaban J connectivity index is 1.66. The Morgan fingerprint density at radius 2 is 1.81 bits per heavy atom. The van der Waals surface area contributed by atoms with Gasteiger partial charge in [-0.25, -0.2) is 13.6 Å². The molecular weight excluding hydrogens is 415 g/mol. The van der Waals surface area contributed by atoms with Crippen LogP contribution in [0.5, 0.6) is 0 Å². The summed E-state index contributed by atoms with van der Waals surface area (Å²) in [5.74, 6) is -0.270. The van der Waals surface area contributed by atoms with Gasteiger partial charge < -0.3 is 5.32 Å². The van der Waals surface area contributed by atoms with E-state index in [1.54, 1.807) is 18.2 Å². The normalized spacial score (nSPS) is 11.7. The lowest BCUT2D eigenvalue weighted by Gasteiger charge is -2.05. The molecule has 0 atom stereocenters. The van der Waals surface area contributed by atoms with E-state index in [0.29, 0.717) is 33.3 Å². The molecule has 3 aromatic rings. The number of carbonyl (C=O) groups is 1. The van der Waals surface area contributed by atoms with Gasteiger partial charge in [0.2, 0.25) is 10.0 Å². The number of fused-ring (bicyclic) bond motifs is 1. The average molecular weight is 429 g/mol. The third kappa shape index (κ3) is 4.02. The first kappa shape index (κ1) is 19.1. The maximum Gasteiger partial charge on any atom is 0.262 e. The van der Waals surface area contributed by atoms with E-state index in [9.17, 15) is 13.2 Å². The van der Waals surface area contributed by atoms with Gasteiger partial charge in [-0.2, -0.15) is 0 Å². The predicted molar refractivity (Wildman–Crippen MR) is 106 cm³/mol. The number of sulfonamides is 1. The molecule has 0 aliphatic rings. The molecule has 3 rings (SSSR count). The molecule has 3 N–H and O–H groups in total. The van der Waals surface area contributed by atoms with Gasteiger partial charge in [0, 0.05) is 16.6 Å². The summed E-state index contributed by atoms with van der Waals surface area (Å²) >= 11 is 13.7. The Labute approximate surface area is 164 Å². The number of primary sulfonamides is 1. The minimum absolute atomic E-state index is 0.0548. The molecule has 0 unspecified atom stereocenters. The van der Waals surface area contributed by atoms with Crippen molar-refractivity contribution in [1.82, 2.24) is 5.32 Å². The fourth-order valence-electron chi connectivity index (χ4n) is 2.46. The van der Waals surface area contributed by atoms with Crippen LogP contribution in [0.3, 0.4) is 0 Å². The lowest BCUT2D eigenvalue weighted by Crippen LogP contribution is -2.25. The SMILES string of the molecule is NS(=O)(=O)c1ccc(CCNC(=O)c2sc3cccc(Cl)c3c2Cl)cc1. The van der Waals surface area contributed by atoms with Gasteiger partial charge >= 0.3 is 0 Å². The number of amides is 1. The van der Waals surface area contributed by atoms with Crippen molar-refractivity contribution in [2.75, 3.05) is 6.54 Å². The van der Waals surface area contributed by atoms with Crippen LogP contribution in [0.2, 0.25) is 10.0 Å². The van der Waals surface area contributed by atoms with Crippen LogP contribution in [0.4, 0.5) is 0 Å². The largest absolute Gasteiger partial charge is 0.351 e. The molecule has 0 saturated carbocycles. The van der Waals surface area contributed by atoms with Gasteiger partial charge in [-0.1, -0.05) is 41.4 Å². The fraction of sp³-hybridized carbons (Fsp3) is 0.118. The van der Waals surface area contributed by atoms with Crippen LogP contribution in [-0.4, -0.2) is 20.9 Å². The third-order valence-corrected chi connectivity index (χ3v) is 6.65. The van der Waals surface area contributed by atoms with Crippen LogP contribution in [0.15, 0.2) is 47.4 Å². The summed E-state index contributed by atoms with van der Waals surface area (Å²) in [6.45, 7) is 0.381. The first-order valence-corrected chi connectivity index (χ1v) is 10.7. The second kappa shape index (κ2) is 7.54. The first-order chi connectivity index (χ1) is 12.3. The quantitative estimate of drug-likeness (QED) is 0.646. The van der Waals surface area contributed by atoms with Crippen molar-refractivity contribution < 1.29 is 13.2 Å². The topological polar surface area (TPSA) is 89.3 Å². The van der Waals surface area contributed by atoms with Gasteiger partial charge in [0.15, 0.2) is 0 Å². The van der Waals surface area contributed by atoms with E-state index in [-0.39, 0.29) is 10.8 Å². The van der Waals surface area contributed by atoms with Crippen LogP contribution in [0, 0.1) is 0 Å². The smallest absolute Gasteiger partial charge is 0.262 e. The molecule has 0 bridgehead atoms. The highest BCUT2D eigenvalue weighted by molar-refractivity contribution is 7.89. The molecule has 26 heavy (non-hydrogen) atoms. The van der Waals surface area contributed by atoms with Crippen molar-refractivity contribution in [3.8, 4) is 0 Å². The summed E-state index contributed by atoms with van der Waals surface area (Å²) in [6.07, 6.45) is 0.542. The van der Waals surface area contributed by atoms with Crippen molar-refractivity contribution in [2.24, 2.45) is 5.14 Å². The molecule has 136 valence electrons. The van der Waals surface area contributed by atoms with Gasteiger partial charge in [-0.3, -0.25) is 4.79 Å². The predicted octanol–water partition coefficient (Wildman–Crippen LogP) is 3.83. The minimum Gasteiger partial charge on any atom is -0.351 e. The molecule has 0 aliphatic carbocycles. The van der Waals surface area contributed by atoms with Gasteiger partial charge in [0.05, 0.1) is 14.9 Å². The van der Waals surface area contributed by atoms with Crippen molar-refractivity contribution in [2.45, 2.75) is 11.3 Å². The van der Waals surface area contributed by atoms with E-state index < -0.39 is 10.0 Å². The number of carbonyl (C=O) groups excluding carboxylic acids is 1. The summed E-state index contributed by atoms with van der Waals surface area (Å²) in [4.78, 5) is 12.9. The second-order valence-corrected chi connectivity index (χ2v) is 8.95. The van der Waals surface area contributed by atoms with Crippen LogP contribution in [-0.2, 0) is 16.4 Å². The molecule has 0 radical (unpaired) electrons. The highest BCUT2D eigenvalue weighted by Crippen LogP contribution is 2.39. The number of benzene rings is 2. The van der Waals surface area contributed by atoms with Gasteiger partial charge in [-0.15, -0.1) is 11.3 Å². The monoisotopic (exact) mass is 428 g/mol. The van der Waals surface area contributed by atoms with Crippen molar-refractivity contribution in [1.29, 1.82) is 0 Å². The molecule has 1 amide bonds. The van der Waals surface area contributed by atoms with E-state index in [1.165, 1.54) is 23.5 Å². The van der Waals surface area contributed by atoms with E-state index in [0.717, 1.165) is 10.3 Å². The van der Waals surface area contributed by atoms with Crippen LogP contribution < -0.4 is 10.5 Å². The molecule has 1 heterocycles. The van der Waals surface area contributed by atoms with E-state index in [2.05, 4.69) is 5.32 Å². The third-order valence-electron chi connectivity index (χ3n) is 3.76. The zero-order valence-corrected chi connectivity index (χ0v) is 16.5. The average Bonchev–Trinajstić information content (AvgIpc) is 2.93. The number of hydrogen-bond donors (Lipinski definition) is 2. The summed E-state index contributed by atoms with van der Waals surface area (Å²) < 4.78 is 23.3. The lowest BCUT2D eigenvalue weighted by molar-refractivity contribution is 0.0958. The van der Waals surface area contributed by atoms with Crippen LogP contribution in [0.1, 0.15) is 15.2 Å². The number of halogens is 2. The summed E-state index contributed by atoms with van der Waals surface area (Å²) in [5, 5.41) is 9.43. The Kier molecular flexibility index (Phi) is 5.55. The lowest BCUT2D eigenvalue weighted by atomic mass is 10.1. The molecule has 9 heteroatoms. The van der Waals surface area contributed by atoms with E-state index in [1.807, 2.05) is 12.1 Å². The van der Waals surface area contributed by atoms with E-state index >= 15 is 0 Å². The Bertz CT molecular complexity index is 1080. The number of thiophene rings is 1. The maximum atomic E-state index is 12.4. The molecule has 0 spiro atoms. The van der Waals surface area contributed by atoms with Crippen LogP contribution >= 0.6 is 34.5 Å². The number of nitrogens with two attached hydrogens (primary N) is 1. The summed E-state index contributed by atoms with van der Waals surface area (Å²) in [7, 11) is -3.70. The highest BCUT2D eigenvalue weighted by atomic mass is 35.5. The second-order valence-electron chi connectivity index (χ2n) is 5.55. The van der Waals surface area contributed by atoms with Crippen molar-refractivity contribution in [3.63, 3.8) is 0 Å². The molecule has 0 aliphatic heterocycles. The Morgan fingerprint density at radius 3 is 2.42 bits per heavy atom. The minimum atomic E-state index is -3.70. The Hall–Kier alpha value is -1.64. The van der Waals surface area contributed by atoms with Crippen molar-refractivity contribution in [3.05, 3.63) is 63.0 Å². The molecule has 2 aromatic carbocycles. The number of nitrogens with one attached hydrogen (secondary N) is 1. The molecule has 1 aromatic heterocycles. The number of hydrogen-bond acceptors (Lipinski definition) is 4. The zero-order valence-electron chi connectivity index (χ0n) is 13.3. The fourth-order valence-corrected chi connectivity index (χ4v) is 4.85. The van der Waals surface area contributed by atoms with Crippen LogP contribution in [0.25, 0.3) is 10.1 Å².